The first-order valence-electron chi connectivity index (χ1n) is 4.73. The van der Waals surface area contributed by atoms with Crippen molar-refractivity contribution in [2.45, 2.75) is 11.6 Å². The number of carbonyl (C=O) groups excluding carboxylic acids is 1. The van der Waals surface area contributed by atoms with Gasteiger partial charge in [0.1, 0.15) is 0 Å². The number of amides is 1. The monoisotopic (exact) mass is 259 g/mol. The molecular weight excluding hydrogens is 250 g/mol. The highest BCUT2D eigenvalue weighted by molar-refractivity contribution is 7.98. The van der Waals surface area contributed by atoms with Crippen molar-refractivity contribution >= 4 is 29.3 Å². The number of thioether (sulfide) groups is 1. The largest absolute Gasteiger partial charge is 0.297 e. The normalized spacial score (nSPS) is 15.5. The van der Waals surface area contributed by atoms with Crippen LogP contribution in [0.25, 0.3) is 0 Å². The quantitative estimate of drug-likeness (QED) is 0.597. The lowest BCUT2D eigenvalue weighted by Crippen LogP contribution is -2.27. The number of rotatable bonds is 2. The second-order valence-electron chi connectivity index (χ2n) is 3.15. The highest BCUT2D eigenvalue weighted by atomic mass is 35.5. The van der Waals surface area contributed by atoms with Crippen molar-refractivity contribution in [1.29, 1.82) is 0 Å². The Bertz CT molecular complexity index is 410. The first-order valence-corrected chi connectivity index (χ1v) is 6.34. The van der Waals surface area contributed by atoms with Crippen LogP contribution < -0.4 is 0 Å². The van der Waals surface area contributed by atoms with E-state index in [0.29, 0.717) is 18.3 Å². The zero-order valence-electron chi connectivity index (χ0n) is 8.64. The average molecular weight is 260 g/mol. The summed E-state index contributed by atoms with van der Waals surface area (Å²) in [7, 11) is 0. The minimum Gasteiger partial charge on any atom is -0.271 e. The van der Waals surface area contributed by atoms with Crippen LogP contribution in [0.3, 0.4) is 0 Å². The van der Waals surface area contributed by atoms with Crippen LogP contribution in [0.2, 0.25) is 5.02 Å². The molecule has 7 heteroatoms. The Kier molecular flexibility index (Phi) is 3.63. The molecule has 5 nitrogen and oxygen atoms in total. The number of halogens is 1. The summed E-state index contributed by atoms with van der Waals surface area (Å²) in [5, 5.41) is 2.06. The molecular formula is C9H10ClN3O2S. The summed E-state index contributed by atoms with van der Waals surface area (Å²) in [6, 6.07) is 0. The van der Waals surface area contributed by atoms with Crippen LogP contribution in [-0.2, 0) is 4.84 Å². The van der Waals surface area contributed by atoms with Gasteiger partial charge in [0.25, 0.3) is 5.91 Å². The Balaban J connectivity index is 2.27. The Hall–Kier alpha value is -0.850. The Labute approximate surface area is 102 Å². The molecule has 2 heterocycles. The fourth-order valence-corrected chi connectivity index (χ4v) is 1.84. The summed E-state index contributed by atoms with van der Waals surface area (Å²) in [6.07, 6.45) is 4.11. The molecule has 1 saturated heterocycles. The van der Waals surface area contributed by atoms with E-state index in [2.05, 4.69) is 9.97 Å². The highest BCUT2D eigenvalue weighted by Gasteiger charge is 2.24. The van der Waals surface area contributed by atoms with Gasteiger partial charge in [-0.1, -0.05) is 23.4 Å². The smallest absolute Gasteiger partial charge is 0.271 e. The van der Waals surface area contributed by atoms with Gasteiger partial charge >= 0.3 is 0 Å². The lowest BCUT2D eigenvalue weighted by atomic mass is 10.3. The lowest BCUT2D eigenvalue weighted by molar-refractivity contribution is -0.0772. The van der Waals surface area contributed by atoms with E-state index in [4.69, 9.17) is 16.4 Å². The van der Waals surface area contributed by atoms with E-state index in [1.54, 1.807) is 0 Å². The van der Waals surface area contributed by atoms with Crippen LogP contribution in [0.4, 0.5) is 0 Å². The summed E-state index contributed by atoms with van der Waals surface area (Å²) in [5.74, 6) is -0.305. The van der Waals surface area contributed by atoms with E-state index in [-0.39, 0.29) is 16.6 Å². The molecule has 0 spiro atoms. The Morgan fingerprint density at radius 3 is 3.12 bits per heavy atom. The second kappa shape index (κ2) is 4.99. The molecule has 1 aromatic rings. The van der Waals surface area contributed by atoms with Crippen LogP contribution in [0.5, 0.6) is 0 Å². The molecule has 1 amide bonds. The summed E-state index contributed by atoms with van der Waals surface area (Å²) in [4.78, 5) is 25.2. The molecule has 0 N–H and O–H groups in total. The molecule has 1 aliphatic heterocycles. The number of carbonyl (C=O) groups is 1. The summed E-state index contributed by atoms with van der Waals surface area (Å²) in [5.41, 5.74) is 0.197. The van der Waals surface area contributed by atoms with Gasteiger partial charge in [-0.2, -0.15) is 0 Å². The molecule has 0 radical (unpaired) electrons. The van der Waals surface area contributed by atoms with E-state index in [1.807, 2.05) is 6.26 Å². The zero-order chi connectivity index (χ0) is 11.5. The summed E-state index contributed by atoms with van der Waals surface area (Å²) in [6.45, 7) is 1.14. The van der Waals surface area contributed by atoms with Gasteiger partial charge in [0.05, 0.1) is 24.4 Å². The fraction of sp³-hybridized carbons (Fsp3) is 0.444. The molecule has 1 aliphatic rings. The van der Waals surface area contributed by atoms with Crippen molar-refractivity contribution in [3.8, 4) is 0 Å². The molecule has 1 fully saturated rings. The number of hydroxylamine groups is 2. The number of hydrogen-bond acceptors (Lipinski definition) is 5. The molecule has 86 valence electrons. The van der Waals surface area contributed by atoms with E-state index in [1.165, 1.54) is 23.0 Å². The standard InChI is InChI=1S/C9H10ClN3O2S/c1-16-9-11-5-6(10)7(12-9)8(14)13-3-2-4-15-13/h5H,2-4H2,1H3. The van der Waals surface area contributed by atoms with Crippen molar-refractivity contribution in [3.05, 3.63) is 16.9 Å². The van der Waals surface area contributed by atoms with Crippen molar-refractivity contribution in [2.24, 2.45) is 0 Å². The minimum atomic E-state index is -0.305. The van der Waals surface area contributed by atoms with Crippen LogP contribution in [0.1, 0.15) is 16.9 Å². The van der Waals surface area contributed by atoms with Gasteiger partial charge in [-0.25, -0.2) is 15.0 Å². The predicted molar refractivity (Wildman–Crippen MR) is 60.4 cm³/mol. The Morgan fingerprint density at radius 1 is 1.69 bits per heavy atom. The fourth-order valence-electron chi connectivity index (χ4n) is 1.33. The molecule has 0 atom stereocenters. The average Bonchev–Trinajstić information content (AvgIpc) is 2.82. The van der Waals surface area contributed by atoms with Gasteiger partial charge in [0, 0.05) is 0 Å². The van der Waals surface area contributed by atoms with Gasteiger partial charge in [-0.05, 0) is 12.7 Å². The first kappa shape index (κ1) is 11.6. The van der Waals surface area contributed by atoms with Crippen LogP contribution in [0.15, 0.2) is 11.4 Å². The molecule has 16 heavy (non-hydrogen) atoms. The number of hydrogen-bond donors (Lipinski definition) is 0. The van der Waals surface area contributed by atoms with Crippen molar-refractivity contribution in [2.75, 3.05) is 19.4 Å². The molecule has 1 aromatic heterocycles. The highest BCUT2D eigenvalue weighted by Crippen LogP contribution is 2.19. The van der Waals surface area contributed by atoms with E-state index >= 15 is 0 Å². The van der Waals surface area contributed by atoms with Crippen LogP contribution >= 0.6 is 23.4 Å². The molecule has 0 unspecified atom stereocenters. The zero-order valence-corrected chi connectivity index (χ0v) is 10.2. The Morgan fingerprint density at radius 2 is 2.50 bits per heavy atom. The number of nitrogens with zero attached hydrogens (tertiary/aromatic N) is 3. The van der Waals surface area contributed by atoms with Gasteiger partial charge in [-0.15, -0.1) is 0 Å². The summed E-state index contributed by atoms with van der Waals surface area (Å²) < 4.78 is 0. The third-order valence-electron chi connectivity index (χ3n) is 2.09. The number of aromatic nitrogens is 2. The third kappa shape index (κ3) is 2.28. The minimum absolute atomic E-state index is 0.197. The van der Waals surface area contributed by atoms with Gasteiger partial charge in [0.15, 0.2) is 10.9 Å². The lowest BCUT2D eigenvalue weighted by Gasteiger charge is -2.13. The first-order chi connectivity index (χ1) is 7.72. The molecule has 0 aromatic carbocycles. The maximum Gasteiger partial charge on any atom is 0.297 e. The van der Waals surface area contributed by atoms with Crippen molar-refractivity contribution in [3.63, 3.8) is 0 Å². The SMILES string of the molecule is CSc1ncc(Cl)c(C(=O)N2CCCO2)n1. The second-order valence-corrected chi connectivity index (χ2v) is 4.33. The van der Waals surface area contributed by atoms with Gasteiger partial charge < -0.3 is 0 Å². The van der Waals surface area contributed by atoms with Crippen molar-refractivity contribution in [1.82, 2.24) is 15.0 Å². The summed E-state index contributed by atoms with van der Waals surface area (Å²) >= 11 is 7.25. The van der Waals surface area contributed by atoms with E-state index < -0.39 is 0 Å². The predicted octanol–water partition coefficient (Wildman–Crippen LogP) is 1.63. The molecule has 0 aliphatic carbocycles. The third-order valence-corrected chi connectivity index (χ3v) is 2.92. The molecule has 0 saturated carbocycles. The molecule has 0 bridgehead atoms. The van der Waals surface area contributed by atoms with E-state index in [9.17, 15) is 4.79 Å². The maximum atomic E-state index is 12.0. The topological polar surface area (TPSA) is 55.3 Å². The van der Waals surface area contributed by atoms with Gasteiger partial charge in [0.2, 0.25) is 0 Å². The van der Waals surface area contributed by atoms with Crippen LogP contribution in [0, 0.1) is 0 Å². The maximum absolute atomic E-state index is 12.0. The van der Waals surface area contributed by atoms with Crippen LogP contribution in [-0.4, -0.2) is 40.3 Å². The molecule has 2 rings (SSSR count). The van der Waals surface area contributed by atoms with Crippen molar-refractivity contribution < 1.29 is 9.63 Å². The van der Waals surface area contributed by atoms with E-state index in [0.717, 1.165) is 6.42 Å². The van der Waals surface area contributed by atoms with Gasteiger partial charge in [-0.3, -0.25) is 9.63 Å².